The molecule has 6 heteroatoms. The van der Waals surface area contributed by atoms with Crippen LogP contribution in [-0.4, -0.2) is 43.1 Å². The van der Waals surface area contributed by atoms with Gasteiger partial charge in [0, 0.05) is 24.8 Å². The lowest BCUT2D eigenvalue weighted by atomic mass is 9.73. The third kappa shape index (κ3) is 2.94. The highest BCUT2D eigenvalue weighted by Gasteiger charge is 2.52. The van der Waals surface area contributed by atoms with Crippen molar-refractivity contribution >= 4 is 5.70 Å². The van der Waals surface area contributed by atoms with Crippen LogP contribution in [0.15, 0.2) is 42.2 Å². The fourth-order valence-electron chi connectivity index (χ4n) is 3.78. The molecule has 4 rings (SSSR count). The first-order valence-electron chi connectivity index (χ1n) is 8.94. The van der Waals surface area contributed by atoms with Crippen LogP contribution in [0.3, 0.4) is 0 Å². The molecule has 3 aliphatic rings. The van der Waals surface area contributed by atoms with Gasteiger partial charge < -0.3 is 25.8 Å². The molecule has 0 amide bonds. The van der Waals surface area contributed by atoms with Gasteiger partial charge in [0.1, 0.15) is 5.66 Å². The number of dihydropyridines is 1. The van der Waals surface area contributed by atoms with Crippen LogP contribution in [0.25, 0.3) is 5.70 Å². The van der Waals surface area contributed by atoms with Gasteiger partial charge in [0.05, 0.1) is 36.3 Å². The molecule has 2 fully saturated rings. The molecule has 0 aromatic carbocycles. The van der Waals surface area contributed by atoms with E-state index < -0.39 is 5.66 Å². The minimum Gasteiger partial charge on any atom is -0.381 e. The van der Waals surface area contributed by atoms with E-state index in [0.29, 0.717) is 12.6 Å². The lowest BCUT2D eigenvalue weighted by Crippen LogP contribution is -2.68. The van der Waals surface area contributed by atoms with Gasteiger partial charge in [-0.3, -0.25) is 4.98 Å². The molecule has 0 radical (unpaired) electrons. The largest absolute Gasteiger partial charge is 0.381 e. The van der Waals surface area contributed by atoms with Gasteiger partial charge in [-0.25, -0.2) is 0 Å². The number of aromatic nitrogens is 1. The molecule has 2 saturated heterocycles. The minimum atomic E-state index is -0.742. The predicted molar refractivity (Wildman–Crippen MR) is 96.3 cm³/mol. The Morgan fingerprint density at radius 3 is 2.88 bits per heavy atom. The number of hydrogen-bond donors (Lipinski definition) is 3. The first-order valence-corrected chi connectivity index (χ1v) is 8.94. The van der Waals surface area contributed by atoms with Gasteiger partial charge >= 0.3 is 0 Å². The second-order valence-electron chi connectivity index (χ2n) is 7.38. The molecule has 4 heterocycles. The normalized spacial score (nSPS) is 35.0. The molecule has 3 aliphatic heterocycles. The van der Waals surface area contributed by atoms with Crippen molar-refractivity contribution in [3.63, 3.8) is 0 Å². The SMILES string of the molecule is CC1(C2(N)NC(c3ccccn3)=CC=C2NC2CCOC2)CCOC1. The van der Waals surface area contributed by atoms with Gasteiger partial charge in [-0.1, -0.05) is 13.0 Å². The molecule has 1 aromatic heterocycles. The first-order chi connectivity index (χ1) is 12.1. The first kappa shape index (κ1) is 16.6. The zero-order valence-corrected chi connectivity index (χ0v) is 14.6. The summed E-state index contributed by atoms with van der Waals surface area (Å²) in [6.07, 6.45) is 7.83. The molecular formula is C19H26N4O2. The van der Waals surface area contributed by atoms with Crippen molar-refractivity contribution in [2.24, 2.45) is 11.1 Å². The Hall–Kier alpha value is -1.89. The number of rotatable bonds is 4. The third-order valence-corrected chi connectivity index (χ3v) is 5.57. The molecule has 0 saturated carbocycles. The highest BCUT2D eigenvalue weighted by atomic mass is 16.5. The number of ether oxygens (including phenoxy) is 2. The third-order valence-electron chi connectivity index (χ3n) is 5.57. The summed E-state index contributed by atoms with van der Waals surface area (Å²) in [5.41, 5.74) is 8.89. The average Bonchev–Trinajstić information content (AvgIpc) is 3.30. The standard InChI is InChI=1S/C19H26N4O2/c1-18(8-11-25-13-18)19(20)17(22-14-7-10-24-12-14)6-5-16(23-19)15-4-2-3-9-21-15/h2-6,9,14,22-23H,7-8,10-13,20H2,1H3. The monoisotopic (exact) mass is 342 g/mol. The van der Waals surface area contributed by atoms with E-state index in [0.717, 1.165) is 49.8 Å². The lowest BCUT2D eigenvalue weighted by molar-refractivity contribution is 0.101. The second-order valence-corrected chi connectivity index (χ2v) is 7.38. The number of nitrogens with two attached hydrogens (primary N) is 1. The number of hydrogen-bond acceptors (Lipinski definition) is 6. The number of allylic oxidation sites excluding steroid dienone is 2. The van der Waals surface area contributed by atoms with Crippen molar-refractivity contribution < 1.29 is 9.47 Å². The Balaban J connectivity index is 1.69. The topological polar surface area (TPSA) is 81.4 Å². The van der Waals surface area contributed by atoms with Gasteiger partial charge in [0.25, 0.3) is 0 Å². The van der Waals surface area contributed by atoms with E-state index >= 15 is 0 Å². The van der Waals surface area contributed by atoms with Crippen LogP contribution in [0.1, 0.15) is 25.5 Å². The second kappa shape index (κ2) is 6.44. The predicted octanol–water partition coefficient (Wildman–Crippen LogP) is 1.37. The Morgan fingerprint density at radius 1 is 1.28 bits per heavy atom. The zero-order valence-electron chi connectivity index (χ0n) is 14.6. The van der Waals surface area contributed by atoms with Crippen LogP contribution in [0.4, 0.5) is 0 Å². The maximum Gasteiger partial charge on any atom is 0.135 e. The number of pyridine rings is 1. The van der Waals surface area contributed by atoms with E-state index in [2.05, 4.69) is 28.6 Å². The maximum absolute atomic E-state index is 7.02. The van der Waals surface area contributed by atoms with Crippen molar-refractivity contribution in [2.45, 2.75) is 31.5 Å². The minimum absolute atomic E-state index is 0.209. The summed E-state index contributed by atoms with van der Waals surface area (Å²) < 4.78 is 11.2. The molecule has 3 unspecified atom stereocenters. The van der Waals surface area contributed by atoms with Crippen LogP contribution in [0, 0.1) is 5.41 Å². The molecule has 6 nitrogen and oxygen atoms in total. The fraction of sp³-hybridized carbons (Fsp3) is 0.526. The highest BCUT2D eigenvalue weighted by molar-refractivity contribution is 5.66. The summed E-state index contributed by atoms with van der Waals surface area (Å²) in [6, 6.07) is 6.18. The number of nitrogens with zero attached hydrogens (tertiary/aromatic N) is 1. The Morgan fingerprint density at radius 2 is 2.20 bits per heavy atom. The maximum atomic E-state index is 7.02. The van der Waals surface area contributed by atoms with Crippen molar-refractivity contribution in [2.75, 3.05) is 26.4 Å². The Labute approximate surface area is 148 Å². The summed E-state index contributed by atoms with van der Waals surface area (Å²) in [6.45, 7) is 5.07. The van der Waals surface area contributed by atoms with E-state index in [9.17, 15) is 0 Å². The Kier molecular flexibility index (Phi) is 4.27. The van der Waals surface area contributed by atoms with Crippen molar-refractivity contribution in [1.29, 1.82) is 0 Å². The van der Waals surface area contributed by atoms with Crippen LogP contribution < -0.4 is 16.4 Å². The molecule has 25 heavy (non-hydrogen) atoms. The Bertz CT molecular complexity index is 676. The van der Waals surface area contributed by atoms with E-state index in [-0.39, 0.29) is 5.41 Å². The van der Waals surface area contributed by atoms with E-state index in [1.165, 1.54) is 0 Å². The van der Waals surface area contributed by atoms with E-state index in [1.807, 2.05) is 24.3 Å². The summed E-state index contributed by atoms with van der Waals surface area (Å²) in [7, 11) is 0. The molecule has 1 aromatic rings. The summed E-state index contributed by atoms with van der Waals surface area (Å²) >= 11 is 0. The van der Waals surface area contributed by atoms with Gasteiger partial charge in [0.15, 0.2) is 0 Å². The molecular weight excluding hydrogens is 316 g/mol. The summed E-state index contributed by atoms with van der Waals surface area (Å²) in [4.78, 5) is 4.46. The number of nitrogens with one attached hydrogen (secondary N) is 2. The quantitative estimate of drug-likeness (QED) is 0.767. The van der Waals surface area contributed by atoms with Crippen molar-refractivity contribution in [1.82, 2.24) is 15.6 Å². The fourth-order valence-corrected chi connectivity index (χ4v) is 3.78. The average molecular weight is 342 g/mol. The van der Waals surface area contributed by atoms with Gasteiger partial charge in [0.2, 0.25) is 0 Å². The highest BCUT2D eigenvalue weighted by Crippen LogP contribution is 2.42. The van der Waals surface area contributed by atoms with Crippen LogP contribution in [0.5, 0.6) is 0 Å². The molecule has 0 aliphatic carbocycles. The molecule has 0 spiro atoms. The molecule has 134 valence electrons. The van der Waals surface area contributed by atoms with Crippen LogP contribution in [0.2, 0.25) is 0 Å². The molecule has 0 bridgehead atoms. The van der Waals surface area contributed by atoms with Crippen LogP contribution in [-0.2, 0) is 9.47 Å². The summed E-state index contributed by atoms with van der Waals surface area (Å²) in [5, 5.41) is 7.19. The van der Waals surface area contributed by atoms with E-state index in [4.69, 9.17) is 15.2 Å². The zero-order chi connectivity index (χ0) is 17.3. The van der Waals surface area contributed by atoms with Crippen molar-refractivity contribution in [3.8, 4) is 0 Å². The van der Waals surface area contributed by atoms with Gasteiger partial charge in [-0.05, 0) is 37.1 Å². The summed E-state index contributed by atoms with van der Waals surface area (Å²) in [5.74, 6) is 0. The van der Waals surface area contributed by atoms with Crippen molar-refractivity contribution in [3.05, 3.63) is 47.9 Å². The molecule has 3 atom stereocenters. The smallest absolute Gasteiger partial charge is 0.135 e. The lowest BCUT2D eigenvalue weighted by Gasteiger charge is -2.48. The molecule has 4 N–H and O–H groups in total. The van der Waals surface area contributed by atoms with Crippen LogP contribution >= 0.6 is 0 Å². The van der Waals surface area contributed by atoms with Gasteiger partial charge in [-0.2, -0.15) is 0 Å². The van der Waals surface area contributed by atoms with E-state index in [1.54, 1.807) is 6.20 Å². The van der Waals surface area contributed by atoms with Gasteiger partial charge in [-0.15, -0.1) is 0 Å².